The van der Waals surface area contributed by atoms with Crippen molar-refractivity contribution in [2.24, 2.45) is 0 Å². The van der Waals surface area contributed by atoms with Gasteiger partial charge in [-0.2, -0.15) is 0 Å². The first-order valence-corrected chi connectivity index (χ1v) is 9.94. The van der Waals surface area contributed by atoms with Gasteiger partial charge in [0.05, 0.1) is 6.04 Å². The van der Waals surface area contributed by atoms with Crippen LogP contribution in [-0.2, 0) is 20.9 Å². The Labute approximate surface area is 169 Å². The van der Waals surface area contributed by atoms with Crippen molar-refractivity contribution in [1.82, 2.24) is 14.4 Å². The molecule has 1 atom stereocenters. The molecule has 1 aromatic heterocycles. The number of carbonyl (C=O) groups is 2. The fourth-order valence-corrected chi connectivity index (χ4v) is 4.02. The van der Waals surface area contributed by atoms with Crippen molar-refractivity contribution in [1.29, 1.82) is 0 Å². The lowest BCUT2D eigenvalue weighted by molar-refractivity contribution is -0.144. The van der Waals surface area contributed by atoms with Crippen LogP contribution < -0.4 is 0 Å². The SMILES string of the molecule is COCC(=O)N(CC(=O)N1CCn2cccc2[C@H]1c1ccc(Cl)cc1)C1CC1. The van der Waals surface area contributed by atoms with Gasteiger partial charge in [0.2, 0.25) is 11.8 Å². The van der Waals surface area contributed by atoms with E-state index in [1.807, 2.05) is 47.5 Å². The minimum absolute atomic E-state index is 0.00719. The summed E-state index contributed by atoms with van der Waals surface area (Å²) in [6.45, 7) is 1.45. The van der Waals surface area contributed by atoms with E-state index >= 15 is 0 Å². The van der Waals surface area contributed by atoms with E-state index in [0.29, 0.717) is 11.6 Å². The van der Waals surface area contributed by atoms with Gasteiger partial charge >= 0.3 is 0 Å². The predicted molar refractivity (Wildman–Crippen MR) is 106 cm³/mol. The molecule has 1 aromatic carbocycles. The first-order chi connectivity index (χ1) is 13.6. The summed E-state index contributed by atoms with van der Waals surface area (Å²) in [5.74, 6) is -0.162. The van der Waals surface area contributed by atoms with Crippen LogP contribution in [-0.4, -0.2) is 59.0 Å². The lowest BCUT2D eigenvalue weighted by atomic mass is 10.00. The van der Waals surface area contributed by atoms with Gasteiger partial charge in [0, 0.05) is 43.2 Å². The smallest absolute Gasteiger partial charge is 0.249 e. The molecule has 0 spiro atoms. The minimum atomic E-state index is -0.188. The highest BCUT2D eigenvalue weighted by atomic mass is 35.5. The molecule has 1 fully saturated rings. The van der Waals surface area contributed by atoms with E-state index < -0.39 is 0 Å². The highest BCUT2D eigenvalue weighted by Gasteiger charge is 2.37. The van der Waals surface area contributed by atoms with E-state index in [-0.39, 0.29) is 37.0 Å². The Bertz CT molecular complexity index is 860. The molecule has 1 aliphatic carbocycles. The van der Waals surface area contributed by atoms with E-state index in [9.17, 15) is 9.59 Å². The predicted octanol–water partition coefficient (Wildman–Crippen LogP) is 2.71. The van der Waals surface area contributed by atoms with Crippen LogP contribution >= 0.6 is 11.6 Å². The third-order valence-electron chi connectivity index (χ3n) is 5.43. The number of carbonyl (C=O) groups excluding carboxylic acids is 2. The van der Waals surface area contributed by atoms with Gasteiger partial charge < -0.3 is 19.1 Å². The van der Waals surface area contributed by atoms with E-state index in [1.54, 1.807) is 4.90 Å². The van der Waals surface area contributed by atoms with Crippen LogP contribution in [0.1, 0.15) is 30.1 Å². The number of amides is 2. The molecule has 4 rings (SSSR count). The van der Waals surface area contributed by atoms with Crippen LogP contribution in [0.3, 0.4) is 0 Å². The van der Waals surface area contributed by atoms with Crippen molar-refractivity contribution < 1.29 is 14.3 Å². The normalized spacial score (nSPS) is 18.6. The van der Waals surface area contributed by atoms with Crippen molar-refractivity contribution in [3.8, 4) is 0 Å². The van der Waals surface area contributed by atoms with Gasteiger partial charge in [-0.25, -0.2) is 0 Å². The average molecular weight is 402 g/mol. The minimum Gasteiger partial charge on any atom is -0.375 e. The highest BCUT2D eigenvalue weighted by Crippen LogP contribution is 2.34. The summed E-state index contributed by atoms with van der Waals surface area (Å²) in [5.41, 5.74) is 2.08. The number of hydrogen-bond acceptors (Lipinski definition) is 3. The third-order valence-corrected chi connectivity index (χ3v) is 5.68. The van der Waals surface area contributed by atoms with Crippen LogP contribution in [0.25, 0.3) is 0 Å². The Morgan fingerprint density at radius 2 is 1.93 bits per heavy atom. The van der Waals surface area contributed by atoms with Crippen molar-refractivity contribution in [3.63, 3.8) is 0 Å². The van der Waals surface area contributed by atoms with Gasteiger partial charge in [-0.3, -0.25) is 9.59 Å². The molecule has 0 N–H and O–H groups in total. The molecule has 148 valence electrons. The van der Waals surface area contributed by atoms with Crippen molar-refractivity contribution in [3.05, 3.63) is 58.9 Å². The van der Waals surface area contributed by atoms with E-state index in [2.05, 4.69) is 4.57 Å². The molecule has 2 heterocycles. The van der Waals surface area contributed by atoms with E-state index in [0.717, 1.165) is 30.6 Å². The molecule has 2 aliphatic rings. The number of ether oxygens (including phenoxy) is 1. The molecule has 2 aromatic rings. The summed E-state index contributed by atoms with van der Waals surface area (Å²) in [5, 5.41) is 0.665. The number of hydrogen-bond donors (Lipinski definition) is 0. The lowest BCUT2D eigenvalue weighted by Gasteiger charge is -2.38. The van der Waals surface area contributed by atoms with Crippen LogP contribution in [0.5, 0.6) is 0 Å². The molecular weight excluding hydrogens is 378 g/mol. The van der Waals surface area contributed by atoms with Gasteiger partial charge in [0.25, 0.3) is 0 Å². The maximum absolute atomic E-state index is 13.3. The van der Waals surface area contributed by atoms with E-state index in [1.165, 1.54) is 7.11 Å². The Morgan fingerprint density at radius 3 is 2.61 bits per heavy atom. The number of methoxy groups -OCH3 is 1. The van der Waals surface area contributed by atoms with Crippen LogP contribution in [0.15, 0.2) is 42.6 Å². The summed E-state index contributed by atoms with van der Waals surface area (Å²) in [6, 6.07) is 11.6. The molecule has 6 nitrogen and oxygen atoms in total. The van der Waals surface area contributed by atoms with Gasteiger partial charge in [-0.15, -0.1) is 0 Å². The summed E-state index contributed by atoms with van der Waals surface area (Å²) in [4.78, 5) is 29.3. The number of halogens is 1. The fourth-order valence-electron chi connectivity index (χ4n) is 3.90. The maximum atomic E-state index is 13.3. The molecule has 0 saturated heterocycles. The van der Waals surface area contributed by atoms with Gasteiger partial charge in [-0.05, 0) is 42.7 Å². The zero-order chi connectivity index (χ0) is 19.7. The third kappa shape index (κ3) is 3.80. The maximum Gasteiger partial charge on any atom is 0.249 e. The summed E-state index contributed by atoms with van der Waals surface area (Å²) in [6.07, 6.45) is 3.94. The Morgan fingerprint density at radius 1 is 1.18 bits per heavy atom. The summed E-state index contributed by atoms with van der Waals surface area (Å²) < 4.78 is 7.17. The molecule has 28 heavy (non-hydrogen) atoms. The zero-order valence-corrected chi connectivity index (χ0v) is 16.6. The van der Waals surface area contributed by atoms with Gasteiger partial charge in [0.1, 0.15) is 13.2 Å². The first kappa shape index (κ1) is 19.0. The monoisotopic (exact) mass is 401 g/mol. The number of nitrogens with zero attached hydrogens (tertiary/aromatic N) is 3. The van der Waals surface area contributed by atoms with E-state index in [4.69, 9.17) is 16.3 Å². The molecular formula is C21H24ClN3O3. The van der Waals surface area contributed by atoms with Crippen molar-refractivity contribution in [2.45, 2.75) is 31.5 Å². The number of rotatable bonds is 6. The molecule has 0 bridgehead atoms. The fraction of sp³-hybridized carbons (Fsp3) is 0.429. The number of aromatic nitrogens is 1. The first-order valence-electron chi connectivity index (χ1n) is 9.57. The standard InChI is InChI=1S/C21H24ClN3O3/c1-28-14-20(27)25(17-8-9-17)13-19(26)24-12-11-23-10-2-3-18(23)21(24)15-4-6-16(22)7-5-15/h2-7,10,17,21H,8-9,11-14H2,1H3/t21-/m1/s1. The molecule has 7 heteroatoms. The van der Waals surface area contributed by atoms with Gasteiger partial charge in [0.15, 0.2) is 0 Å². The summed E-state index contributed by atoms with van der Waals surface area (Å²) in [7, 11) is 1.50. The molecule has 2 amide bonds. The highest BCUT2D eigenvalue weighted by molar-refractivity contribution is 6.30. The zero-order valence-electron chi connectivity index (χ0n) is 15.9. The molecule has 0 radical (unpaired) electrons. The quantitative estimate of drug-likeness (QED) is 0.747. The Kier molecular flexibility index (Phi) is 5.42. The largest absolute Gasteiger partial charge is 0.375 e. The van der Waals surface area contributed by atoms with Crippen molar-refractivity contribution >= 4 is 23.4 Å². The lowest BCUT2D eigenvalue weighted by Crippen LogP contribution is -2.49. The summed E-state index contributed by atoms with van der Waals surface area (Å²) >= 11 is 6.06. The number of benzene rings is 1. The molecule has 1 aliphatic heterocycles. The molecule has 0 unspecified atom stereocenters. The second-order valence-electron chi connectivity index (χ2n) is 7.35. The second-order valence-corrected chi connectivity index (χ2v) is 7.79. The Hall–Kier alpha value is -2.31. The van der Waals surface area contributed by atoms with Crippen molar-refractivity contribution in [2.75, 3.05) is 26.8 Å². The number of fused-ring (bicyclic) bond motifs is 1. The average Bonchev–Trinajstić information content (AvgIpc) is 3.42. The van der Waals surface area contributed by atoms with Crippen LogP contribution in [0, 0.1) is 0 Å². The second kappa shape index (κ2) is 7.97. The Balaban J connectivity index is 1.60. The van der Waals surface area contributed by atoms with Crippen LogP contribution in [0.2, 0.25) is 5.02 Å². The topological polar surface area (TPSA) is 54.8 Å². The van der Waals surface area contributed by atoms with Crippen LogP contribution in [0.4, 0.5) is 0 Å². The molecule has 1 saturated carbocycles. The van der Waals surface area contributed by atoms with Gasteiger partial charge in [-0.1, -0.05) is 23.7 Å².